The summed E-state index contributed by atoms with van der Waals surface area (Å²) in [6, 6.07) is 10.7. The first-order chi connectivity index (χ1) is 12.4. The molecule has 0 radical (unpaired) electrons. The lowest BCUT2D eigenvalue weighted by Gasteiger charge is -2.15. The predicted octanol–water partition coefficient (Wildman–Crippen LogP) is 4.80. The third kappa shape index (κ3) is 5.17. The van der Waals surface area contributed by atoms with Gasteiger partial charge >= 0.3 is 0 Å². The van der Waals surface area contributed by atoms with Gasteiger partial charge in [0.15, 0.2) is 11.5 Å². The van der Waals surface area contributed by atoms with Crippen LogP contribution in [-0.2, 0) is 4.79 Å². The van der Waals surface area contributed by atoms with Gasteiger partial charge in [-0.2, -0.15) is 0 Å². The van der Waals surface area contributed by atoms with Crippen molar-refractivity contribution in [3.8, 4) is 17.2 Å². The molecule has 2 aromatic rings. The highest BCUT2D eigenvalue weighted by Gasteiger charge is 2.13. The van der Waals surface area contributed by atoms with Gasteiger partial charge in [0.2, 0.25) is 5.91 Å². The van der Waals surface area contributed by atoms with Gasteiger partial charge in [0.05, 0.1) is 31.0 Å². The molecule has 5 nitrogen and oxygen atoms in total. The maximum absolute atomic E-state index is 12.2. The Balaban J connectivity index is 2.16. The molecule has 0 aliphatic heterocycles. The van der Waals surface area contributed by atoms with Crippen molar-refractivity contribution in [2.24, 2.45) is 0 Å². The summed E-state index contributed by atoms with van der Waals surface area (Å²) in [5, 5.41) is 3.19. The first-order valence-corrected chi connectivity index (χ1v) is 8.48. The van der Waals surface area contributed by atoms with Gasteiger partial charge in [-0.05, 0) is 49.8 Å². The Bertz CT molecular complexity index is 802. The van der Waals surface area contributed by atoms with E-state index in [4.69, 9.17) is 25.8 Å². The van der Waals surface area contributed by atoms with Crippen LogP contribution in [0.2, 0.25) is 5.02 Å². The molecule has 2 aromatic carbocycles. The molecule has 0 unspecified atom stereocenters. The number of anilines is 1. The van der Waals surface area contributed by atoms with Crippen molar-refractivity contribution >= 4 is 29.3 Å². The van der Waals surface area contributed by atoms with Crippen LogP contribution in [0, 0.1) is 0 Å². The number of benzene rings is 2. The number of hydrogen-bond acceptors (Lipinski definition) is 4. The van der Waals surface area contributed by atoms with Gasteiger partial charge in [0.1, 0.15) is 5.75 Å². The fraction of sp³-hybridized carbons (Fsp3) is 0.250. The first kappa shape index (κ1) is 19.7. The van der Waals surface area contributed by atoms with Crippen LogP contribution in [0.4, 0.5) is 5.69 Å². The molecule has 0 aromatic heterocycles. The predicted molar refractivity (Wildman–Crippen MR) is 104 cm³/mol. The molecule has 26 heavy (non-hydrogen) atoms. The number of carbonyl (C=O) groups excluding carboxylic acids is 1. The third-order valence-corrected chi connectivity index (χ3v) is 3.68. The molecule has 2 rings (SSSR count). The summed E-state index contributed by atoms with van der Waals surface area (Å²) < 4.78 is 16.2. The molecule has 0 spiro atoms. The summed E-state index contributed by atoms with van der Waals surface area (Å²) in [6.07, 6.45) is 3.04. The summed E-state index contributed by atoms with van der Waals surface area (Å²) in [5.74, 6) is 1.30. The fourth-order valence-electron chi connectivity index (χ4n) is 2.28. The normalized spacial score (nSPS) is 10.8. The highest BCUT2D eigenvalue weighted by atomic mass is 35.5. The molecular formula is C20H22ClNO4. The molecular weight excluding hydrogens is 354 g/mol. The number of nitrogens with one attached hydrogen (secondary N) is 1. The number of rotatable bonds is 7. The van der Waals surface area contributed by atoms with Crippen molar-refractivity contribution in [3.63, 3.8) is 0 Å². The first-order valence-electron chi connectivity index (χ1n) is 8.11. The summed E-state index contributed by atoms with van der Waals surface area (Å²) >= 11 is 6.29. The Morgan fingerprint density at radius 3 is 2.46 bits per heavy atom. The lowest BCUT2D eigenvalue weighted by molar-refractivity contribution is -0.111. The van der Waals surface area contributed by atoms with E-state index >= 15 is 0 Å². The molecule has 0 fully saturated rings. The SMILES string of the molecule is COc1ccccc1NC(=O)/C=C/c1cc(Cl)c(OC(C)C)c(OC)c1. The topological polar surface area (TPSA) is 56.8 Å². The van der Waals surface area contributed by atoms with Crippen LogP contribution < -0.4 is 19.5 Å². The second-order valence-corrected chi connectivity index (χ2v) is 6.13. The van der Waals surface area contributed by atoms with Crippen molar-refractivity contribution < 1.29 is 19.0 Å². The summed E-state index contributed by atoms with van der Waals surface area (Å²) in [5.41, 5.74) is 1.32. The van der Waals surface area contributed by atoms with Gasteiger partial charge < -0.3 is 19.5 Å². The number of ether oxygens (including phenoxy) is 3. The summed E-state index contributed by atoms with van der Waals surface area (Å²) in [4.78, 5) is 12.2. The number of hydrogen-bond donors (Lipinski definition) is 1. The van der Waals surface area contributed by atoms with E-state index in [0.29, 0.717) is 28.0 Å². The lowest BCUT2D eigenvalue weighted by Crippen LogP contribution is -2.09. The molecule has 0 saturated carbocycles. The average Bonchev–Trinajstić information content (AvgIpc) is 2.62. The molecule has 0 heterocycles. The van der Waals surface area contributed by atoms with E-state index in [9.17, 15) is 4.79 Å². The van der Waals surface area contributed by atoms with Crippen LogP contribution in [-0.4, -0.2) is 26.2 Å². The second-order valence-electron chi connectivity index (χ2n) is 5.72. The van der Waals surface area contributed by atoms with Gasteiger partial charge in [0.25, 0.3) is 0 Å². The van der Waals surface area contributed by atoms with Crippen LogP contribution in [0.25, 0.3) is 6.08 Å². The van der Waals surface area contributed by atoms with E-state index in [1.807, 2.05) is 26.0 Å². The zero-order valence-electron chi connectivity index (χ0n) is 15.2. The summed E-state index contributed by atoms with van der Waals surface area (Å²) in [7, 11) is 3.09. The van der Waals surface area contributed by atoms with E-state index in [2.05, 4.69) is 5.32 Å². The molecule has 0 aliphatic rings. The largest absolute Gasteiger partial charge is 0.495 e. The van der Waals surface area contributed by atoms with E-state index in [-0.39, 0.29) is 12.0 Å². The average molecular weight is 376 g/mol. The van der Waals surface area contributed by atoms with Crippen molar-refractivity contribution in [2.75, 3.05) is 19.5 Å². The van der Waals surface area contributed by atoms with Crippen LogP contribution >= 0.6 is 11.6 Å². The fourth-order valence-corrected chi connectivity index (χ4v) is 2.54. The van der Waals surface area contributed by atoms with E-state index in [1.54, 1.807) is 44.6 Å². The van der Waals surface area contributed by atoms with Crippen molar-refractivity contribution in [2.45, 2.75) is 20.0 Å². The molecule has 0 bridgehead atoms. The van der Waals surface area contributed by atoms with Gasteiger partial charge in [-0.3, -0.25) is 4.79 Å². The van der Waals surface area contributed by atoms with Gasteiger partial charge in [-0.25, -0.2) is 0 Å². The Kier molecular flexibility index (Phi) is 6.92. The number of carbonyl (C=O) groups is 1. The maximum Gasteiger partial charge on any atom is 0.248 e. The molecule has 0 aliphatic carbocycles. The zero-order valence-corrected chi connectivity index (χ0v) is 16.0. The number of halogens is 1. The highest BCUT2D eigenvalue weighted by molar-refractivity contribution is 6.32. The number of amides is 1. The smallest absolute Gasteiger partial charge is 0.248 e. The van der Waals surface area contributed by atoms with E-state index in [0.717, 1.165) is 5.56 Å². The van der Waals surface area contributed by atoms with Crippen LogP contribution in [0.5, 0.6) is 17.2 Å². The molecule has 1 N–H and O–H groups in total. The van der Waals surface area contributed by atoms with Crippen molar-refractivity contribution in [1.82, 2.24) is 0 Å². The monoisotopic (exact) mass is 375 g/mol. The molecule has 0 atom stereocenters. The van der Waals surface area contributed by atoms with Crippen molar-refractivity contribution in [3.05, 3.63) is 53.1 Å². The molecule has 138 valence electrons. The van der Waals surface area contributed by atoms with Crippen LogP contribution in [0.1, 0.15) is 19.4 Å². The third-order valence-electron chi connectivity index (χ3n) is 3.40. The number of para-hydroxylation sites is 2. The minimum atomic E-state index is -0.285. The Morgan fingerprint density at radius 1 is 1.12 bits per heavy atom. The zero-order chi connectivity index (χ0) is 19.1. The minimum Gasteiger partial charge on any atom is -0.495 e. The van der Waals surface area contributed by atoms with Crippen LogP contribution in [0.15, 0.2) is 42.5 Å². The Morgan fingerprint density at radius 2 is 1.81 bits per heavy atom. The highest BCUT2D eigenvalue weighted by Crippen LogP contribution is 2.37. The standard InChI is InChI=1S/C20H22ClNO4/c1-13(2)26-20-15(21)11-14(12-18(20)25-4)9-10-19(23)22-16-7-5-6-8-17(16)24-3/h5-13H,1-4H3,(H,22,23)/b10-9+. The second kappa shape index (κ2) is 9.15. The van der Waals surface area contributed by atoms with Gasteiger partial charge in [-0.1, -0.05) is 23.7 Å². The van der Waals surface area contributed by atoms with E-state index in [1.165, 1.54) is 6.08 Å². The van der Waals surface area contributed by atoms with Crippen molar-refractivity contribution in [1.29, 1.82) is 0 Å². The lowest BCUT2D eigenvalue weighted by atomic mass is 10.1. The quantitative estimate of drug-likeness (QED) is 0.706. The Labute approximate surface area is 158 Å². The summed E-state index contributed by atoms with van der Waals surface area (Å²) in [6.45, 7) is 3.82. The maximum atomic E-state index is 12.2. The molecule has 1 amide bonds. The molecule has 6 heteroatoms. The van der Waals surface area contributed by atoms with Gasteiger partial charge in [0, 0.05) is 6.08 Å². The minimum absolute atomic E-state index is 0.0329. The van der Waals surface area contributed by atoms with E-state index < -0.39 is 0 Å². The molecule has 0 saturated heterocycles. The number of methoxy groups -OCH3 is 2. The van der Waals surface area contributed by atoms with Crippen LogP contribution in [0.3, 0.4) is 0 Å². The Hall–Kier alpha value is -2.66. The van der Waals surface area contributed by atoms with Gasteiger partial charge in [-0.15, -0.1) is 0 Å².